The molecule has 8 nitrogen and oxygen atoms in total. The van der Waals surface area contributed by atoms with E-state index in [9.17, 15) is 9.59 Å². The largest absolute Gasteiger partial charge is 0.494 e. The van der Waals surface area contributed by atoms with Crippen LogP contribution in [-0.4, -0.2) is 35.2 Å². The Morgan fingerprint density at radius 3 is 2.80 bits per heavy atom. The predicted octanol–water partition coefficient (Wildman–Crippen LogP) is 3.89. The molecule has 2 heterocycles. The second-order valence-corrected chi connectivity index (χ2v) is 7.18. The molecule has 1 saturated heterocycles. The van der Waals surface area contributed by atoms with Crippen molar-refractivity contribution in [3.63, 3.8) is 0 Å². The van der Waals surface area contributed by atoms with Crippen molar-refractivity contribution in [3.8, 4) is 5.75 Å². The Labute approximate surface area is 177 Å². The number of aromatic nitrogens is 2. The molecule has 0 unspecified atom stereocenters. The van der Waals surface area contributed by atoms with Crippen LogP contribution in [-0.2, 0) is 4.79 Å². The number of carbonyl (C=O) groups is 2. The number of rotatable bonds is 6. The molecule has 1 aromatic heterocycles. The van der Waals surface area contributed by atoms with Crippen molar-refractivity contribution >= 4 is 35.1 Å². The molecule has 0 radical (unpaired) electrons. The Morgan fingerprint density at radius 1 is 1.27 bits per heavy atom. The molecule has 4 rings (SSSR count). The van der Waals surface area contributed by atoms with Gasteiger partial charge in [0.1, 0.15) is 5.75 Å². The Balaban J connectivity index is 1.42. The first-order chi connectivity index (χ1) is 14.5. The van der Waals surface area contributed by atoms with Crippen LogP contribution in [0.4, 0.5) is 11.7 Å². The molecule has 0 saturated carbocycles. The Kier molecular flexibility index (Phi) is 5.67. The topological polar surface area (TPSA) is 97.6 Å². The van der Waals surface area contributed by atoms with Gasteiger partial charge in [-0.15, -0.1) is 5.10 Å². The van der Waals surface area contributed by atoms with Crippen LogP contribution in [0.15, 0.2) is 52.9 Å². The van der Waals surface area contributed by atoms with Gasteiger partial charge in [0, 0.05) is 29.2 Å². The third kappa shape index (κ3) is 4.28. The van der Waals surface area contributed by atoms with Crippen LogP contribution in [0.5, 0.6) is 5.75 Å². The third-order valence-electron chi connectivity index (χ3n) is 4.68. The fraction of sp³-hybridized carbons (Fsp3) is 0.238. The minimum Gasteiger partial charge on any atom is -0.494 e. The number of anilines is 2. The Bertz CT molecular complexity index is 1070. The van der Waals surface area contributed by atoms with Crippen LogP contribution < -0.4 is 15.0 Å². The van der Waals surface area contributed by atoms with Crippen LogP contribution in [0, 0.1) is 0 Å². The molecule has 0 spiro atoms. The molecule has 3 aromatic rings. The zero-order valence-electron chi connectivity index (χ0n) is 16.2. The lowest BCUT2D eigenvalue weighted by Gasteiger charge is -2.16. The van der Waals surface area contributed by atoms with Crippen molar-refractivity contribution in [1.29, 1.82) is 0 Å². The lowest BCUT2D eigenvalue weighted by molar-refractivity contribution is -0.117. The number of nitrogens with one attached hydrogen (secondary N) is 1. The Morgan fingerprint density at radius 2 is 2.07 bits per heavy atom. The summed E-state index contributed by atoms with van der Waals surface area (Å²) in [5, 5.41) is 10.9. The fourth-order valence-corrected chi connectivity index (χ4v) is 3.45. The van der Waals surface area contributed by atoms with E-state index in [1.54, 1.807) is 29.2 Å². The number of amides is 2. The van der Waals surface area contributed by atoms with Crippen molar-refractivity contribution in [3.05, 3.63) is 65.0 Å². The summed E-state index contributed by atoms with van der Waals surface area (Å²) < 4.78 is 11.0. The molecule has 0 bridgehead atoms. The molecule has 0 aliphatic carbocycles. The quantitative estimate of drug-likeness (QED) is 0.642. The number of carbonyl (C=O) groups excluding carboxylic acids is 2. The predicted molar refractivity (Wildman–Crippen MR) is 111 cm³/mol. The highest BCUT2D eigenvalue weighted by Crippen LogP contribution is 2.32. The summed E-state index contributed by atoms with van der Waals surface area (Å²) in [5.74, 6) is 0.353. The van der Waals surface area contributed by atoms with Gasteiger partial charge in [-0.2, -0.15) is 0 Å². The molecule has 1 fully saturated rings. The van der Waals surface area contributed by atoms with Gasteiger partial charge < -0.3 is 14.1 Å². The molecular formula is C21H19ClN4O4. The molecule has 2 aromatic carbocycles. The first kappa shape index (κ1) is 19.9. The first-order valence-electron chi connectivity index (χ1n) is 9.47. The summed E-state index contributed by atoms with van der Waals surface area (Å²) in [7, 11) is 0. The van der Waals surface area contributed by atoms with Crippen LogP contribution >= 0.6 is 11.6 Å². The van der Waals surface area contributed by atoms with Gasteiger partial charge in [-0.1, -0.05) is 22.8 Å². The van der Waals surface area contributed by atoms with Crippen molar-refractivity contribution in [1.82, 2.24) is 10.2 Å². The van der Waals surface area contributed by atoms with Crippen LogP contribution in [0.3, 0.4) is 0 Å². The van der Waals surface area contributed by atoms with Crippen LogP contribution in [0.2, 0.25) is 5.02 Å². The second kappa shape index (κ2) is 8.54. The average Bonchev–Trinajstić information content (AvgIpc) is 3.35. The van der Waals surface area contributed by atoms with Crippen molar-refractivity contribution in [2.45, 2.75) is 19.3 Å². The van der Waals surface area contributed by atoms with Crippen LogP contribution in [0.1, 0.15) is 35.5 Å². The summed E-state index contributed by atoms with van der Waals surface area (Å²) in [6.45, 7) is 2.91. The number of halogens is 1. The van der Waals surface area contributed by atoms with E-state index in [4.69, 9.17) is 20.8 Å². The number of ether oxygens (including phenoxy) is 1. The number of hydrogen-bond donors (Lipinski definition) is 1. The van der Waals surface area contributed by atoms with E-state index >= 15 is 0 Å². The maximum Gasteiger partial charge on any atom is 0.322 e. The highest BCUT2D eigenvalue weighted by atomic mass is 35.5. The monoisotopic (exact) mass is 426 g/mol. The molecule has 2 amide bonds. The Hall–Kier alpha value is -3.39. The fourth-order valence-electron chi connectivity index (χ4n) is 3.26. The highest BCUT2D eigenvalue weighted by Gasteiger charge is 2.35. The van der Waals surface area contributed by atoms with Crippen molar-refractivity contribution in [2.24, 2.45) is 0 Å². The van der Waals surface area contributed by atoms with Gasteiger partial charge in [-0.25, -0.2) is 0 Å². The number of nitrogens with zero attached hydrogens (tertiary/aromatic N) is 3. The van der Waals surface area contributed by atoms with Crippen molar-refractivity contribution in [2.75, 3.05) is 23.4 Å². The molecule has 9 heteroatoms. The minimum absolute atomic E-state index is 0.0260. The van der Waals surface area contributed by atoms with Gasteiger partial charge in [0.15, 0.2) is 0 Å². The lowest BCUT2D eigenvalue weighted by atomic mass is 10.1. The normalized spacial score (nSPS) is 16.0. The van der Waals surface area contributed by atoms with E-state index in [0.29, 0.717) is 29.6 Å². The second-order valence-electron chi connectivity index (χ2n) is 6.74. The average molecular weight is 427 g/mol. The van der Waals surface area contributed by atoms with E-state index in [-0.39, 0.29) is 24.3 Å². The SMILES string of the molecule is CCOc1ccc(N2C[C@@H](c3nnc(NC(=O)c4cccc(Cl)c4)o3)CC2=O)cc1. The summed E-state index contributed by atoms with van der Waals surface area (Å²) in [4.78, 5) is 26.5. The summed E-state index contributed by atoms with van der Waals surface area (Å²) in [6.07, 6.45) is 0.247. The molecule has 1 aliphatic rings. The maximum absolute atomic E-state index is 12.5. The summed E-state index contributed by atoms with van der Waals surface area (Å²) in [5.41, 5.74) is 1.15. The standard InChI is InChI=1S/C21H19ClN4O4/c1-2-29-17-8-6-16(7-9-17)26-12-14(11-18(26)27)20-24-25-21(30-20)23-19(28)13-4-3-5-15(22)10-13/h3-10,14H,2,11-12H2,1H3,(H,23,25,28)/t14-/m0/s1. The number of hydrogen-bond acceptors (Lipinski definition) is 6. The van der Waals surface area contributed by atoms with E-state index in [0.717, 1.165) is 11.4 Å². The molecule has 1 N–H and O–H groups in total. The molecule has 154 valence electrons. The van der Waals surface area contributed by atoms with E-state index in [1.807, 2.05) is 31.2 Å². The van der Waals surface area contributed by atoms with E-state index in [1.165, 1.54) is 0 Å². The molecular weight excluding hydrogens is 408 g/mol. The van der Waals surface area contributed by atoms with E-state index < -0.39 is 5.91 Å². The molecule has 30 heavy (non-hydrogen) atoms. The van der Waals surface area contributed by atoms with Crippen LogP contribution in [0.25, 0.3) is 0 Å². The minimum atomic E-state index is -0.411. The summed E-state index contributed by atoms with van der Waals surface area (Å²) in [6, 6.07) is 13.8. The van der Waals surface area contributed by atoms with Gasteiger partial charge in [-0.3, -0.25) is 14.9 Å². The van der Waals surface area contributed by atoms with Crippen molar-refractivity contribution < 1.29 is 18.7 Å². The highest BCUT2D eigenvalue weighted by molar-refractivity contribution is 6.31. The smallest absolute Gasteiger partial charge is 0.322 e. The van der Waals surface area contributed by atoms with Gasteiger partial charge in [0.05, 0.1) is 12.5 Å². The zero-order valence-corrected chi connectivity index (χ0v) is 16.9. The molecule has 1 aliphatic heterocycles. The lowest BCUT2D eigenvalue weighted by Crippen LogP contribution is -2.24. The van der Waals surface area contributed by atoms with Gasteiger partial charge in [0.2, 0.25) is 11.8 Å². The van der Waals surface area contributed by atoms with Gasteiger partial charge >= 0.3 is 6.01 Å². The summed E-state index contributed by atoms with van der Waals surface area (Å²) >= 11 is 5.91. The number of benzene rings is 2. The van der Waals surface area contributed by atoms with Gasteiger partial charge in [0.25, 0.3) is 5.91 Å². The van der Waals surface area contributed by atoms with E-state index in [2.05, 4.69) is 15.5 Å². The van der Waals surface area contributed by atoms with Gasteiger partial charge in [-0.05, 0) is 49.4 Å². The zero-order chi connectivity index (χ0) is 21.1. The first-order valence-corrected chi connectivity index (χ1v) is 9.85. The third-order valence-corrected chi connectivity index (χ3v) is 4.92. The molecule has 1 atom stereocenters. The maximum atomic E-state index is 12.5.